The Balaban J connectivity index is 0.00000675. The van der Waals surface area contributed by atoms with Gasteiger partial charge < -0.3 is 0 Å². The van der Waals surface area contributed by atoms with Crippen molar-refractivity contribution in [3.8, 4) is 0 Å². The van der Waals surface area contributed by atoms with Gasteiger partial charge in [0.15, 0.2) is 0 Å². The van der Waals surface area contributed by atoms with Crippen LogP contribution in [0.2, 0.25) is 0 Å². The molecule has 0 saturated carbocycles. The fraction of sp³-hybridized carbons (Fsp3) is 0.250. The molecule has 0 nitrogen and oxygen atoms in total. The van der Waals surface area contributed by atoms with E-state index in [-0.39, 0.29) is 44.8 Å². The van der Waals surface area contributed by atoms with Crippen LogP contribution in [0.3, 0.4) is 0 Å². The molecule has 0 unspecified atom stereocenters. The average molecular weight is 661 g/mol. The standard InChI is InChI=1S/C24H9BF18.B/c26-19(27,28)10-1-11(20(29,30)31)5-16(4-10)25(17-6-12(21(32,33)34)2-13(7-17)22(35,36)37)18-8-14(23(38,39)40)3-15(9-18)24(41,42)43;/h1-9H;. The normalized spacial score (nSPS) is 13.5. The van der Waals surface area contributed by atoms with Crippen LogP contribution in [0.5, 0.6) is 0 Å². The predicted octanol–water partition coefficient (Wildman–Crippen LogP) is 7.93. The summed E-state index contributed by atoms with van der Waals surface area (Å²) in [5, 5.41) is 0. The third-order valence-electron chi connectivity index (χ3n) is 5.83. The Morgan fingerprint density at radius 2 is 0.409 bits per heavy atom. The number of alkyl halides is 18. The molecule has 0 saturated heterocycles. The van der Waals surface area contributed by atoms with Crippen LogP contribution in [-0.4, -0.2) is 15.1 Å². The Labute approximate surface area is 236 Å². The van der Waals surface area contributed by atoms with Gasteiger partial charge in [-0.15, -0.1) is 0 Å². The van der Waals surface area contributed by atoms with Gasteiger partial charge in [0.25, 0.3) is 0 Å². The Kier molecular flexibility index (Phi) is 9.57. The van der Waals surface area contributed by atoms with Crippen molar-refractivity contribution >= 4 is 31.5 Å². The lowest BCUT2D eigenvalue weighted by Crippen LogP contribution is -2.53. The lowest BCUT2D eigenvalue weighted by Gasteiger charge is -2.23. The molecule has 3 rings (SSSR count). The van der Waals surface area contributed by atoms with E-state index < -0.39 is 112 Å². The third-order valence-corrected chi connectivity index (χ3v) is 5.83. The maximum Gasteiger partial charge on any atom is 0.416 e. The smallest absolute Gasteiger partial charge is 0.166 e. The predicted molar refractivity (Wildman–Crippen MR) is 120 cm³/mol. The van der Waals surface area contributed by atoms with E-state index in [0.717, 1.165) is 0 Å². The SMILES string of the molecule is FC(F)(F)c1cc(B(c2cc(C(F)(F)F)cc(C(F)(F)F)c2)c2cc(C(F)(F)F)cc(C(F)(F)F)c2)cc(C(F)(F)F)c1.[B]. The van der Waals surface area contributed by atoms with Crippen LogP contribution >= 0.6 is 0 Å². The Hall–Kier alpha value is -3.47. The molecule has 20 heteroatoms. The van der Waals surface area contributed by atoms with Crippen molar-refractivity contribution in [1.82, 2.24) is 0 Å². The Morgan fingerprint density at radius 1 is 0.273 bits per heavy atom. The fourth-order valence-electron chi connectivity index (χ4n) is 4.01. The minimum Gasteiger partial charge on any atom is -0.166 e. The largest absolute Gasteiger partial charge is 0.416 e. The molecule has 0 amide bonds. The van der Waals surface area contributed by atoms with Gasteiger partial charge in [-0.3, -0.25) is 0 Å². The molecule has 237 valence electrons. The zero-order chi connectivity index (χ0) is 33.1. The van der Waals surface area contributed by atoms with E-state index in [2.05, 4.69) is 0 Å². The second-order valence-electron chi connectivity index (χ2n) is 8.95. The summed E-state index contributed by atoms with van der Waals surface area (Å²) in [5.41, 5.74) is -17.7. The van der Waals surface area contributed by atoms with Gasteiger partial charge in [-0.05, 0) is 18.2 Å². The zero-order valence-electron chi connectivity index (χ0n) is 20.7. The maximum atomic E-state index is 13.5. The van der Waals surface area contributed by atoms with Crippen molar-refractivity contribution in [2.45, 2.75) is 37.1 Å². The molecule has 0 spiro atoms. The van der Waals surface area contributed by atoms with Gasteiger partial charge in [0, 0.05) is 8.41 Å². The lowest BCUT2D eigenvalue weighted by atomic mass is 9.36. The van der Waals surface area contributed by atoms with Gasteiger partial charge in [-0.25, -0.2) is 0 Å². The molecule has 0 aliphatic carbocycles. The summed E-state index contributed by atoms with van der Waals surface area (Å²) in [6, 6.07) is -2.95. The first-order chi connectivity index (χ1) is 19.1. The van der Waals surface area contributed by atoms with Gasteiger partial charge >= 0.3 is 37.1 Å². The van der Waals surface area contributed by atoms with Crippen LogP contribution in [0.25, 0.3) is 0 Å². The topological polar surface area (TPSA) is 0 Å². The summed E-state index contributed by atoms with van der Waals surface area (Å²) in [4.78, 5) is 0. The molecule has 0 fully saturated rings. The van der Waals surface area contributed by atoms with Crippen molar-refractivity contribution in [3.05, 3.63) is 88.0 Å². The third kappa shape index (κ3) is 8.37. The van der Waals surface area contributed by atoms with E-state index >= 15 is 0 Å². The fourth-order valence-corrected chi connectivity index (χ4v) is 4.01. The van der Waals surface area contributed by atoms with Gasteiger partial charge in [0.2, 0.25) is 6.71 Å². The molecule has 0 aromatic heterocycles. The molecule has 0 N–H and O–H groups in total. The number of halogens is 18. The lowest BCUT2D eigenvalue weighted by molar-refractivity contribution is -0.144. The van der Waals surface area contributed by atoms with E-state index in [1.165, 1.54) is 0 Å². The van der Waals surface area contributed by atoms with Crippen LogP contribution in [-0.2, 0) is 37.1 Å². The summed E-state index contributed by atoms with van der Waals surface area (Å²) in [7, 11) is 0. The molecular formula is C24H9B2F18. The van der Waals surface area contributed by atoms with E-state index in [4.69, 9.17) is 0 Å². The van der Waals surface area contributed by atoms with E-state index in [1.807, 2.05) is 0 Å². The quantitative estimate of drug-likeness (QED) is 0.198. The van der Waals surface area contributed by atoms with Crippen LogP contribution in [0.4, 0.5) is 79.0 Å². The van der Waals surface area contributed by atoms with Crippen LogP contribution in [0.15, 0.2) is 54.6 Å². The number of rotatable bonds is 3. The van der Waals surface area contributed by atoms with E-state index in [0.29, 0.717) is 0 Å². The first kappa shape index (κ1) is 36.7. The second-order valence-corrected chi connectivity index (χ2v) is 8.95. The van der Waals surface area contributed by atoms with Crippen molar-refractivity contribution in [2.24, 2.45) is 0 Å². The number of hydrogen-bond donors (Lipinski definition) is 0. The molecule has 0 bridgehead atoms. The molecule has 44 heavy (non-hydrogen) atoms. The summed E-state index contributed by atoms with van der Waals surface area (Å²) < 4.78 is 243. The molecule has 3 aromatic carbocycles. The van der Waals surface area contributed by atoms with Crippen LogP contribution in [0, 0.1) is 0 Å². The zero-order valence-corrected chi connectivity index (χ0v) is 20.7. The summed E-state index contributed by atoms with van der Waals surface area (Å²) in [6.45, 7) is -2.88. The number of hydrogen-bond acceptors (Lipinski definition) is 0. The maximum absolute atomic E-state index is 13.5. The monoisotopic (exact) mass is 661 g/mol. The number of benzene rings is 3. The van der Waals surface area contributed by atoms with Crippen molar-refractivity contribution in [2.75, 3.05) is 0 Å². The van der Waals surface area contributed by atoms with Crippen LogP contribution < -0.4 is 16.4 Å². The van der Waals surface area contributed by atoms with Gasteiger partial charge in [-0.2, -0.15) is 79.0 Å². The summed E-state index contributed by atoms with van der Waals surface area (Å²) >= 11 is 0. The van der Waals surface area contributed by atoms with Crippen LogP contribution in [0.1, 0.15) is 33.4 Å². The first-order valence-electron chi connectivity index (χ1n) is 11.0. The van der Waals surface area contributed by atoms with Gasteiger partial charge in [-0.1, -0.05) is 52.8 Å². The van der Waals surface area contributed by atoms with Crippen molar-refractivity contribution < 1.29 is 79.0 Å². The highest BCUT2D eigenvalue weighted by molar-refractivity contribution is 6.95. The average Bonchev–Trinajstić information content (AvgIpc) is 2.80. The molecule has 0 aliphatic heterocycles. The molecule has 0 aliphatic rings. The first-order valence-corrected chi connectivity index (χ1v) is 11.0. The van der Waals surface area contributed by atoms with Gasteiger partial charge in [0.05, 0.1) is 33.4 Å². The molecule has 3 aromatic rings. The highest BCUT2D eigenvalue weighted by Crippen LogP contribution is 2.38. The highest BCUT2D eigenvalue weighted by atomic mass is 19.4. The Morgan fingerprint density at radius 3 is 0.523 bits per heavy atom. The molecule has 3 radical (unpaired) electrons. The van der Waals surface area contributed by atoms with Gasteiger partial charge in [0.1, 0.15) is 0 Å². The molecule has 0 heterocycles. The summed E-state index contributed by atoms with van der Waals surface area (Å²) in [5.74, 6) is 0. The Bertz CT molecular complexity index is 1210. The second kappa shape index (κ2) is 11.5. The minimum atomic E-state index is -5.67. The molecule has 0 atom stereocenters. The highest BCUT2D eigenvalue weighted by Gasteiger charge is 2.43. The van der Waals surface area contributed by atoms with E-state index in [9.17, 15) is 79.0 Å². The minimum absolute atomic E-state index is 0. The van der Waals surface area contributed by atoms with E-state index in [1.54, 1.807) is 0 Å². The van der Waals surface area contributed by atoms with Crippen molar-refractivity contribution in [1.29, 1.82) is 0 Å². The molecular weight excluding hydrogens is 652 g/mol. The van der Waals surface area contributed by atoms with Crippen molar-refractivity contribution in [3.63, 3.8) is 0 Å². The summed E-state index contributed by atoms with van der Waals surface area (Å²) in [6.07, 6.45) is -34.0.